The van der Waals surface area contributed by atoms with Crippen molar-refractivity contribution < 1.29 is 57.0 Å². The van der Waals surface area contributed by atoms with Crippen LogP contribution in [-0.4, -0.2) is 121 Å². The van der Waals surface area contributed by atoms with Gasteiger partial charge in [-0.1, -0.05) is 54.7 Å². The van der Waals surface area contributed by atoms with Crippen molar-refractivity contribution >= 4 is 115 Å². The molecular formula is C61H62Cl3N11O12S2. The van der Waals surface area contributed by atoms with Gasteiger partial charge < -0.3 is 64.0 Å². The molecule has 0 aliphatic carbocycles. The van der Waals surface area contributed by atoms with Crippen molar-refractivity contribution in [3.8, 4) is 51.7 Å². The van der Waals surface area contributed by atoms with Gasteiger partial charge in [0.25, 0.3) is 17.1 Å². The number of nitrogens with one attached hydrogen (secondary N) is 5. The molecule has 4 aromatic heterocycles. The number of aromatic amines is 3. The van der Waals surface area contributed by atoms with Crippen LogP contribution < -0.4 is 59.0 Å². The molecule has 28 heteroatoms. The third kappa shape index (κ3) is 19.0. The fourth-order valence-corrected chi connectivity index (χ4v) is 9.55. The normalized spacial score (nSPS) is 10.2. The molecule has 0 atom stereocenters. The van der Waals surface area contributed by atoms with Gasteiger partial charge in [0.2, 0.25) is 17.2 Å². The Hall–Kier alpha value is -9.53. The number of aromatic nitrogens is 8. The van der Waals surface area contributed by atoms with Gasteiger partial charge in [-0.15, -0.1) is 35.0 Å². The van der Waals surface area contributed by atoms with Gasteiger partial charge in [0.15, 0.2) is 40.1 Å². The van der Waals surface area contributed by atoms with Crippen LogP contribution in [0.15, 0.2) is 139 Å². The predicted octanol–water partition coefficient (Wildman–Crippen LogP) is 12.7. The number of methoxy groups -OCH3 is 9. The number of fused-ring (bicyclic) bond motifs is 2. The number of carbonyl (C=O) groups excluding carboxylic acids is 3. The molecular weight excluding hydrogens is 1250 g/mol. The minimum Gasteiger partial charge on any atom is -0.493 e. The van der Waals surface area contributed by atoms with Gasteiger partial charge in [-0.25, -0.2) is 15.0 Å². The molecule has 466 valence electrons. The molecule has 0 aliphatic heterocycles. The lowest BCUT2D eigenvalue weighted by atomic mass is 10.1. The molecule has 10 rings (SSSR count). The molecule has 2 amide bonds. The number of ether oxygens (including phenoxy) is 9. The number of hydrogen-bond donors (Lipinski definition) is 6. The molecule has 7 N–H and O–H groups in total. The van der Waals surface area contributed by atoms with Gasteiger partial charge in [-0.3, -0.25) is 24.6 Å². The fourth-order valence-electron chi connectivity index (χ4n) is 7.98. The third-order valence-electron chi connectivity index (χ3n) is 12.2. The Labute approximate surface area is 536 Å². The molecule has 4 heterocycles. The van der Waals surface area contributed by atoms with Crippen molar-refractivity contribution in [2.45, 2.75) is 22.5 Å². The molecule has 0 saturated heterocycles. The molecule has 0 aliphatic rings. The number of nitrogens with two attached hydrogens (primary N) is 1. The molecule has 0 saturated carbocycles. The standard InChI is InChI=1S/C22H21N5O4S.C17H18ClNO4.C9H13NO3.C8H6Cl2O.C5H4N4S/c1-29-17-8-15(9-18(30-2)19(17)31-3)26-21(28)14-6-4-5-13(7-14)11-32-22-16-10-25-27-20(16)23-12-24-22;1-21-14-8-13(9-15(22-2)16(14)23-3)19-17(20)12-6-4-5-11(7-12)10-18;1-11-7-4-6(10)5-8(12-2)9(7)13-3;9-5-6-2-1-3-7(4-6)8(10)11;10-5-3-1-8-9-4(3)6-2-7-5/h4-10,12H,11H2,1-3H3,(H,26,28)(H,23,24,25,27);4-9H,10H2,1-3H3,(H,19,20);4-5H,10H2,1-3H3;1-4H,5H2;1-2H,(H2,6,7,8,9,10). The van der Waals surface area contributed by atoms with Crippen LogP contribution in [0.2, 0.25) is 0 Å². The zero-order chi connectivity index (χ0) is 64.4. The maximum Gasteiger partial charge on any atom is 0.255 e. The van der Waals surface area contributed by atoms with Crippen LogP contribution in [0.25, 0.3) is 22.1 Å². The highest BCUT2D eigenvalue weighted by Gasteiger charge is 2.18. The van der Waals surface area contributed by atoms with E-state index in [-0.39, 0.29) is 11.8 Å². The lowest BCUT2D eigenvalue weighted by molar-refractivity contribution is 0.101. The van der Waals surface area contributed by atoms with E-state index in [1.165, 1.54) is 49.0 Å². The Balaban J connectivity index is 0.000000192. The van der Waals surface area contributed by atoms with E-state index in [0.29, 0.717) is 113 Å². The van der Waals surface area contributed by atoms with E-state index in [1.54, 1.807) is 131 Å². The van der Waals surface area contributed by atoms with Crippen LogP contribution in [0.5, 0.6) is 51.7 Å². The number of carbonyl (C=O) groups is 3. The zero-order valence-electron chi connectivity index (χ0n) is 49.5. The van der Waals surface area contributed by atoms with Crippen molar-refractivity contribution in [1.29, 1.82) is 0 Å². The summed E-state index contributed by atoms with van der Waals surface area (Å²) in [6.07, 6.45) is 6.41. The second-order valence-electron chi connectivity index (χ2n) is 17.8. The fraction of sp³-hybridized carbons (Fsp3) is 0.197. The maximum absolute atomic E-state index is 12.9. The summed E-state index contributed by atoms with van der Waals surface area (Å²) in [4.78, 5) is 51.1. The van der Waals surface area contributed by atoms with Gasteiger partial charge >= 0.3 is 0 Å². The average molecular weight is 1310 g/mol. The number of amides is 2. The Bertz CT molecular complexity index is 3990. The maximum atomic E-state index is 12.9. The first-order chi connectivity index (χ1) is 43.1. The minimum atomic E-state index is -0.447. The number of benzene rings is 6. The van der Waals surface area contributed by atoms with Crippen molar-refractivity contribution in [2.75, 3.05) is 80.4 Å². The largest absolute Gasteiger partial charge is 0.493 e. The van der Waals surface area contributed by atoms with Crippen LogP contribution in [0, 0.1) is 4.64 Å². The second-order valence-corrected chi connectivity index (χ2v) is 20.0. The molecule has 0 spiro atoms. The van der Waals surface area contributed by atoms with Crippen molar-refractivity contribution in [1.82, 2.24) is 40.3 Å². The predicted molar refractivity (Wildman–Crippen MR) is 348 cm³/mol. The van der Waals surface area contributed by atoms with Gasteiger partial charge in [-0.2, -0.15) is 10.2 Å². The van der Waals surface area contributed by atoms with Crippen LogP contribution in [0.1, 0.15) is 47.8 Å². The first-order valence-electron chi connectivity index (χ1n) is 26.1. The summed E-state index contributed by atoms with van der Waals surface area (Å²) in [5.74, 6) is 5.39. The third-order valence-corrected chi connectivity index (χ3v) is 14.5. The molecule has 10 aromatic rings. The summed E-state index contributed by atoms with van der Waals surface area (Å²) in [7, 11) is 13.8. The van der Waals surface area contributed by atoms with E-state index >= 15 is 0 Å². The number of thioether (sulfide) groups is 1. The SMILES string of the molecule is COc1cc(N)cc(OC)c1OC.COc1cc(NC(=O)c2cccc(CCl)c2)cc(OC)c1OC.COc1cc(NC(=O)c2cccc(CSc3ncnc4[nH]ncc34)c2)cc(OC)c1OC.O=C(Cl)c1cccc(CCl)c1.S=c1nc[nH]c2[nH]ncc12. The first-order valence-corrected chi connectivity index (χ1v) is 28.9. The van der Waals surface area contributed by atoms with E-state index in [9.17, 15) is 14.4 Å². The summed E-state index contributed by atoms with van der Waals surface area (Å²) in [6, 6.07) is 31.6. The first kappa shape index (κ1) is 68.6. The lowest BCUT2D eigenvalue weighted by Crippen LogP contribution is -2.12. The van der Waals surface area contributed by atoms with Crippen molar-refractivity contribution in [3.63, 3.8) is 0 Å². The molecule has 0 fully saturated rings. The van der Waals surface area contributed by atoms with Crippen molar-refractivity contribution in [2.24, 2.45) is 0 Å². The van der Waals surface area contributed by atoms with Crippen molar-refractivity contribution in [3.05, 3.63) is 172 Å². The quantitative estimate of drug-likeness (QED) is 0.0109. The monoisotopic (exact) mass is 1310 g/mol. The van der Waals surface area contributed by atoms with Crippen LogP contribution >= 0.6 is 58.8 Å². The number of alkyl halides is 2. The number of hydrogen-bond acceptors (Lipinski definition) is 20. The molecule has 0 bridgehead atoms. The number of nitrogens with zero attached hydrogens (tertiary/aromatic N) is 5. The zero-order valence-corrected chi connectivity index (χ0v) is 53.4. The molecule has 89 heavy (non-hydrogen) atoms. The number of nitrogen functional groups attached to an aromatic ring is 1. The van der Waals surface area contributed by atoms with Gasteiger partial charge in [-0.05, 0) is 58.6 Å². The topological polar surface area (TPSA) is 296 Å². The summed E-state index contributed by atoms with van der Waals surface area (Å²) >= 11 is 23.1. The van der Waals surface area contributed by atoms with E-state index in [4.69, 9.17) is 95.4 Å². The lowest BCUT2D eigenvalue weighted by Gasteiger charge is -2.14. The van der Waals surface area contributed by atoms with Crippen LogP contribution in [0.3, 0.4) is 0 Å². The molecule has 0 radical (unpaired) electrons. The van der Waals surface area contributed by atoms with Gasteiger partial charge in [0.1, 0.15) is 21.6 Å². The van der Waals surface area contributed by atoms with Crippen LogP contribution in [-0.2, 0) is 17.5 Å². The van der Waals surface area contributed by atoms with E-state index < -0.39 is 5.24 Å². The van der Waals surface area contributed by atoms with Gasteiger partial charge in [0.05, 0.1) is 93.5 Å². The van der Waals surface area contributed by atoms with E-state index in [0.717, 1.165) is 38.1 Å². The number of anilines is 3. The molecule has 0 unspecified atom stereocenters. The summed E-state index contributed by atoms with van der Waals surface area (Å²) in [6.45, 7) is 0. The Morgan fingerprint density at radius 1 is 0.539 bits per heavy atom. The number of rotatable bonds is 19. The molecule has 6 aromatic carbocycles. The highest BCUT2D eigenvalue weighted by molar-refractivity contribution is 7.98. The van der Waals surface area contributed by atoms with E-state index in [2.05, 4.69) is 51.0 Å². The summed E-state index contributed by atoms with van der Waals surface area (Å²) in [5, 5.41) is 21.2. The second kappa shape index (κ2) is 34.7. The number of halogens is 3. The van der Waals surface area contributed by atoms with E-state index in [1.807, 2.05) is 30.3 Å². The number of H-pyrrole nitrogens is 3. The highest BCUT2D eigenvalue weighted by Crippen LogP contribution is 2.42. The minimum absolute atomic E-state index is 0.244. The van der Waals surface area contributed by atoms with Crippen LogP contribution in [0.4, 0.5) is 17.1 Å². The summed E-state index contributed by atoms with van der Waals surface area (Å²) in [5.41, 5.74) is 13.1. The smallest absolute Gasteiger partial charge is 0.255 e. The Kier molecular flexibility index (Phi) is 26.8. The van der Waals surface area contributed by atoms with Gasteiger partial charge in [0, 0.05) is 87.7 Å². The summed E-state index contributed by atoms with van der Waals surface area (Å²) < 4.78 is 47.6. The average Bonchev–Trinajstić information content (AvgIpc) is 2.89. The Morgan fingerprint density at radius 2 is 0.966 bits per heavy atom. The molecule has 23 nitrogen and oxygen atoms in total. The highest BCUT2D eigenvalue weighted by atomic mass is 35.5. The Morgan fingerprint density at radius 3 is 1.42 bits per heavy atom.